The van der Waals surface area contributed by atoms with Crippen molar-refractivity contribution in [1.82, 2.24) is 34.8 Å². The van der Waals surface area contributed by atoms with Gasteiger partial charge in [0, 0.05) is 31.8 Å². The van der Waals surface area contributed by atoms with E-state index in [4.69, 9.17) is 0 Å². The first-order chi connectivity index (χ1) is 14.6. The number of pyridine rings is 1. The minimum atomic E-state index is -0.656. The number of rotatable bonds is 5. The van der Waals surface area contributed by atoms with E-state index >= 15 is 0 Å². The monoisotopic (exact) mass is 406 g/mol. The predicted molar refractivity (Wildman–Crippen MR) is 107 cm³/mol. The van der Waals surface area contributed by atoms with Crippen molar-refractivity contribution in [3.05, 3.63) is 54.0 Å². The van der Waals surface area contributed by atoms with Crippen molar-refractivity contribution in [1.29, 1.82) is 0 Å². The molecule has 1 aliphatic carbocycles. The average molecular weight is 406 g/mol. The number of aryl methyl sites for hydroxylation is 1. The van der Waals surface area contributed by atoms with Gasteiger partial charge in [0.05, 0.1) is 17.9 Å². The molecule has 1 fully saturated rings. The van der Waals surface area contributed by atoms with E-state index in [1.165, 1.54) is 6.33 Å². The van der Waals surface area contributed by atoms with Gasteiger partial charge in [-0.05, 0) is 31.4 Å². The summed E-state index contributed by atoms with van der Waals surface area (Å²) in [5.74, 6) is 0.684. The van der Waals surface area contributed by atoms with E-state index in [9.17, 15) is 9.59 Å². The van der Waals surface area contributed by atoms with Crippen LogP contribution in [-0.4, -0.2) is 54.4 Å². The van der Waals surface area contributed by atoms with Gasteiger partial charge in [-0.15, -0.1) is 5.10 Å². The van der Waals surface area contributed by atoms with E-state index in [0.717, 1.165) is 30.0 Å². The van der Waals surface area contributed by atoms with Gasteiger partial charge in [0.1, 0.15) is 18.2 Å². The standard InChI is InChI=1S/C20H22N8O2/c1-26-17-10-16(13-5-6-13)24-28(17)9-7-15(20(26)30)23-19(29)18-22-12-27(25-18)11-14-4-2-3-8-21-14/h2-4,8,10,12-13,15H,5-7,9,11H2,1H3,(H,23,29)/t15-/m0/s1. The third-order valence-electron chi connectivity index (χ3n) is 5.47. The van der Waals surface area contributed by atoms with Gasteiger partial charge in [0.25, 0.3) is 11.8 Å². The second kappa shape index (κ2) is 7.36. The maximum Gasteiger partial charge on any atom is 0.291 e. The average Bonchev–Trinajstić information content (AvgIpc) is 3.37. The van der Waals surface area contributed by atoms with Gasteiger partial charge in [-0.3, -0.25) is 19.5 Å². The number of aromatic nitrogens is 6. The van der Waals surface area contributed by atoms with Gasteiger partial charge in [-0.25, -0.2) is 14.3 Å². The molecule has 5 rings (SSSR count). The Morgan fingerprint density at radius 3 is 2.83 bits per heavy atom. The highest BCUT2D eigenvalue weighted by Crippen LogP contribution is 2.40. The highest BCUT2D eigenvalue weighted by atomic mass is 16.2. The molecular formula is C20H22N8O2. The Bertz CT molecular complexity index is 1090. The molecule has 0 unspecified atom stereocenters. The van der Waals surface area contributed by atoms with E-state index in [1.54, 1.807) is 22.8 Å². The van der Waals surface area contributed by atoms with Gasteiger partial charge in [0.2, 0.25) is 5.82 Å². The summed E-state index contributed by atoms with van der Waals surface area (Å²) in [4.78, 5) is 35.5. The normalized spacial score (nSPS) is 18.8. The molecule has 0 saturated heterocycles. The number of carbonyl (C=O) groups excluding carboxylic acids is 2. The summed E-state index contributed by atoms with van der Waals surface area (Å²) in [5.41, 5.74) is 1.87. The van der Waals surface area contributed by atoms with Gasteiger partial charge in [-0.1, -0.05) is 6.07 Å². The molecule has 30 heavy (non-hydrogen) atoms. The number of hydrogen-bond donors (Lipinski definition) is 1. The van der Waals surface area contributed by atoms with Crippen LogP contribution in [0.4, 0.5) is 5.82 Å². The zero-order valence-electron chi connectivity index (χ0n) is 16.6. The molecule has 4 heterocycles. The molecule has 0 bridgehead atoms. The summed E-state index contributed by atoms with van der Waals surface area (Å²) in [7, 11) is 1.72. The molecule has 2 amide bonds. The zero-order chi connectivity index (χ0) is 20.7. The molecule has 10 nitrogen and oxygen atoms in total. The molecule has 1 atom stereocenters. The van der Waals surface area contributed by atoms with Crippen LogP contribution >= 0.6 is 0 Å². The van der Waals surface area contributed by atoms with Crippen molar-refractivity contribution >= 4 is 17.6 Å². The third-order valence-corrected chi connectivity index (χ3v) is 5.47. The highest BCUT2D eigenvalue weighted by molar-refractivity contribution is 6.00. The Labute approximate surface area is 172 Å². The second-order valence-electron chi connectivity index (χ2n) is 7.72. The first-order valence-electron chi connectivity index (χ1n) is 10.0. The number of nitrogens with one attached hydrogen (secondary N) is 1. The second-order valence-corrected chi connectivity index (χ2v) is 7.72. The number of likely N-dealkylation sites (N-methyl/N-ethyl adjacent to an activating group) is 1. The highest BCUT2D eigenvalue weighted by Gasteiger charge is 2.34. The molecule has 1 aliphatic heterocycles. The van der Waals surface area contributed by atoms with E-state index in [0.29, 0.717) is 25.4 Å². The lowest BCUT2D eigenvalue weighted by molar-refractivity contribution is -0.120. The van der Waals surface area contributed by atoms with Crippen molar-refractivity contribution in [3.63, 3.8) is 0 Å². The Balaban J connectivity index is 1.26. The van der Waals surface area contributed by atoms with Crippen LogP contribution in [0.15, 0.2) is 36.8 Å². The minimum Gasteiger partial charge on any atom is -0.337 e. The molecule has 154 valence electrons. The van der Waals surface area contributed by atoms with E-state index in [1.807, 2.05) is 28.9 Å². The molecule has 0 spiro atoms. The van der Waals surface area contributed by atoms with Crippen LogP contribution in [0.3, 0.4) is 0 Å². The van der Waals surface area contributed by atoms with Gasteiger partial charge in [-0.2, -0.15) is 5.10 Å². The zero-order valence-corrected chi connectivity index (χ0v) is 16.6. The summed E-state index contributed by atoms with van der Waals surface area (Å²) in [5, 5.41) is 11.6. The van der Waals surface area contributed by atoms with E-state index in [-0.39, 0.29) is 11.7 Å². The minimum absolute atomic E-state index is 0.0272. The summed E-state index contributed by atoms with van der Waals surface area (Å²) in [6, 6.07) is 6.93. The molecule has 2 aliphatic rings. The molecule has 3 aromatic heterocycles. The molecule has 0 radical (unpaired) electrons. The maximum atomic E-state index is 12.9. The van der Waals surface area contributed by atoms with Crippen LogP contribution in [-0.2, 0) is 17.9 Å². The van der Waals surface area contributed by atoms with Gasteiger partial charge < -0.3 is 5.32 Å². The molecular weight excluding hydrogens is 384 g/mol. The number of carbonyl (C=O) groups is 2. The molecule has 10 heteroatoms. The van der Waals surface area contributed by atoms with Gasteiger partial charge in [0.15, 0.2) is 0 Å². The fraction of sp³-hybridized carbons (Fsp3) is 0.400. The number of fused-ring (bicyclic) bond motifs is 1. The summed E-state index contributed by atoms with van der Waals surface area (Å²) < 4.78 is 3.41. The molecule has 1 N–H and O–H groups in total. The van der Waals surface area contributed by atoms with Gasteiger partial charge >= 0.3 is 0 Å². The molecule has 0 aromatic carbocycles. The van der Waals surface area contributed by atoms with Crippen LogP contribution in [0.1, 0.15) is 47.2 Å². The number of nitrogens with zero attached hydrogens (tertiary/aromatic N) is 7. The lowest BCUT2D eigenvalue weighted by Crippen LogP contribution is -2.47. The maximum absolute atomic E-state index is 12.9. The smallest absolute Gasteiger partial charge is 0.291 e. The quantitative estimate of drug-likeness (QED) is 0.676. The first-order valence-corrected chi connectivity index (χ1v) is 10.0. The number of anilines is 1. The Kier molecular flexibility index (Phi) is 4.53. The van der Waals surface area contributed by atoms with Crippen molar-refractivity contribution in [2.75, 3.05) is 11.9 Å². The fourth-order valence-corrected chi connectivity index (χ4v) is 3.65. The van der Waals surface area contributed by atoms with Crippen LogP contribution in [0.5, 0.6) is 0 Å². The number of hydrogen-bond acceptors (Lipinski definition) is 6. The lowest BCUT2D eigenvalue weighted by Gasteiger charge is -2.19. The SMILES string of the molecule is CN1C(=O)[C@@H](NC(=O)c2ncn(Cc3ccccn3)n2)CCn2nc(C3CC3)cc21. The Hall–Kier alpha value is -3.56. The van der Waals surface area contributed by atoms with E-state index in [2.05, 4.69) is 25.5 Å². The van der Waals surface area contributed by atoms with Crippen molar-refractivity contribution in [2.45, 2.75) is 44.3 Å². The Morgan fingerprint density at radius 2 is 2.07 bits per heavy atom. The predicted octanol–water partition coefficient (Wildman–Crippen LogP) is 0.960. The number of amides is 2. The lowest BCUT2D eigenvalue weighted by atomic mass is 10.2. The summed E-state index contributed by atoms with van der Waals surface area (Å²) in [6.07, 6.45) is 5.97. The van der Waals surface area contributed by atoms with Crippen LogP contribution in [0.25, 0.3) is 0 Å². The van der Waals surface area contributed by atoms with Crippen LogP contribution in [0.2, 0.25) is 0 Å². The van der Waals surface area contributed by atoms with Crippen molar-refractivity contribution in [3.8, 4) is 0 Å². The topological polar surface area (TPSA) is 111 Å². The van der Waals surface area contributed by atoms with Crippen LogP contribution < -0.4 is 10.2 Å². The van der Waals surface area contributed by atoms with E-state index < -0.39 is 11.9 Å². The van der Waals surface area contributed by atoms with Crippen molar-refractivity contribution < 1.29 is 9.59 Å². The summed E-state index contributed by atoms with van der Waals surface area (Å²) >= 11 is 0. The van der Waals surface area contributed by atoms with Crippen LogP contribution in [0, 0.1) is 0 Å². The molecule has 3 aromatic rings. The summed E-state index contributed by atoms with van der Waals surface area (Å²) in [6.45, 7) is 0.974. The third kappa shape index (κ3) is 3.56. The Morgan fingerprint density at radius 1 is 1.20 bits per heavy atom. The first kappa shape index (κ1) is 18.5. The fourth-order valence-electron chi connectivity index (χ4n) is 3.65. The largest absolute Gasteiger partial charge is 0.337 e. The van der Waals surface area contributed by atoms with Crippen molar-refractivity contribution in [2.24, 2.45) is 0 Å². The molecule has 1 saturated carbocycles.